The van der Waals surface area contributed by atoms with Crippen molar-refractivity contribution in [3.8, 4) is 0 Å². The van der Waals surface area contributed by atoms with Gasteiger partial charge in [-0.15, -0.1) is 0 Å². The van der Waals surface area contributed by atoms with Gasteiger partial charge >= 0.3 is 0 Å². The summed E-state index contributed by atoms with van der Waals surface area (Å²) >= 11 is 20.4. The zero-order valence-electron chi connectivity index (χ0n) is 7.86. The molecule has 1 rings (SSSR count). The fraction of sp³-hybridized carbons (Fsp3) is 0.111. The number of hydrogen-bond donors (Lipinski definition) is 1. The average molecular weight is 344 g/mol. The van der Waals surface area contributed by atoms with Gasteiger partial charge in [0.15, 0.2) is 0 Å². The number of halogens is 4. The number of aromatic nitrogens is 1. The molecular formula is C9H6BrCl3N2O. The molecule has 0 aliphatic rings. The first-order valence-electron chi connectivity index (χ1n) is 4.04. The Balaban J connectivity index is 2.92. The molecule has 1 heterocycles. The van der Waals surface area contributed by atoms with E-state index in [0.29, 0.717) is 4.48 Å². The van der Waals surface area contributed by atoms with Gasteiger partial charge in [-0.3, -0.25) is 4.79 Å². The predicted octanol–water partition coefficient (Wildman–Crippen LogP) is 3.68. The van der Waals surface area contributed by atoms with E-state index >= 15 is 0 Å². The molecule has 0 unspecified atom stereocenters. The van der Waals surface area contributed by atoms with Crippen molar-refractivity contribution in [2.45, 2.75) is 0 Å². The van der Waals surface area contributed by atoms with Crippen molar-refractivity contribution in [1.82, 2.24) is 10.3 Å². The molecule has 0 saturated carbocycles. The van der Waals surface area contributed by atoms with Crippen molar-refractivity contribution in [3.63, 3.8) is 0 Å². The van der Waals surface area contributed by atoms with Gasteiger partial charge in [0.1, 0.15) is 5.69 Å². The molecule has 0 aliphatic carbocycles. The third-order valence-electron chi connectivity index (χ3n) is 1.57. The molecule has 3 nitrogen and oxygen atoms in total. The number of carbonyl (C=O) groups is 1. The summed E-state index contributed by atoms with van der Waals surface area (Å²) in [4.78, 5) is 15.4. The minimum absolute atomic E-state index is 0.0322. The Morgan fingerprint density at radius 1 is 1.44 bits per heavy atom. The number of pyridine rings is 1. The van der Waals surface area contributed by atoms with Crippen LogP contribution in [0.3, 0.4) is 0 Å². The third-order valence-corrected chi connectivity index (χ3v) is 3.09. The largest absolute Gasteiger partial charge is 0.346 e. The normalized spacial score (nSPS) is 10.0. The molecule has 86 valence electrons. The van der Waals surface area contributed by atoms with Gasteiger partial charge in [-0.25, -0.2) is 4.98 Å². The minimum Gasteiger partial charge on any atom is -0.346 e. The summed E-state index contributed by atoms with van der Waals surface area (Å²) in [5, 5.41) is 2.90. The van der Waals surface area contributed by atoms with E-state index in [4.69, 9.17) is 34.8 Å². The Bertz CT molecular complexity index is 451. The van der Waals surface area contributed by atoms with Crippen LogP contribution in [0, 0.1) is 0 Å². The number of amides is 1. The van der Waals surface area contributed by atoms with Gasteiger partial charge in [0.2, 0.25) is 0 Å². The predicted molar refractivity (Wildman–Crippen MR) is 69.7 cm³/mol. The van der Waals surface area contributed by atoms with Crippen molar-refractivity contribution in [3.05, 3.63) is 38.0 Å². The zero-order valence-corrected chi connectivity index (χ0v) is 11.7. The fourth-order valence-corrected chi connectivity index (χ4v) is 1.57. The Hall–Kier alpha value is -0.290. The monoisotopic (exact) mass is 342 g/mol. The quantitative estimate of drug-likeness (QED) is 0.909. The molecule has 0 atom stereocenters. The maximum absolute atomic E-state index is 11.6. The molecule has 0 aromatic carbocycles. The van der Waals surface area contributed by atoms with Crippen LogP contribution in [0.15, 0.2) is 17.3 Å². The molecule has 1 aromatic rings. The van der Waals surface area contributed by atoms with E-state index in [-0.39, 0.29) is 27.3 Å². The summed E-state index contributed by atoms with van der Waals surface area (Å²) in [6.07, 6.45) is 1.27. The molecule has 1 amide bonds. The summed E-state index contributed by atoms with van der Waals surface area (Å²) in [6, 6.07) is 0. The lowest BCUT2D eigenvalue weighted by Gasteiger charge is -2.06. The molecule has 0 radical (unpaired) electrons. The van der Waals surface area contributed by atoms with Crippen LogP contribution in [0.25, 0.3) is 0 Å². The summed E-state index contributed by atoms with van der Waals surface area (Å²) in [5.41, 5.74) is 0.0322. The highest BCUT2D eigenvalue weighted by atomic mass is 79.9. The summed E-state index contributed by atoms with van der Waals surface area (Å²) in [5.74, 6) is -0.441. The second kappa shape index (κ2) is 5.87. The van der Waals surface area contributed by atoms with Crippen LogP contribution < -0.4 is 5.32 Å². The molecule has 1 N–H and O–H groups in total. The van der Waals surface area contributed by atoms with Crippen LogP contribution in [-0.4, -0.2) is 17.4 Å². The molecule has 0 spiro atoms. The lowest BCUT2D eigenvalue weighted by molar-refractivity contribution is 0.0953. The van der Waals surface area contributed by atoms with E-state index < -0.39 is 5.91 Å². The van der Waals surface area contributed by atoms with Crippen LogP contribution in [-0.2, 0) is 0 Å². The van der Waals surface area contributed by atoms with E-state index in [0.717, 1.165) is 0 Å². The van der Waals surface area contributed by atoms with Gasteiger partial charge in [0, 0.05) is 17.2 Å². The number of nitrogens with one attached hydrogen (secondary N) is 1. The number of carbonyl (C=O) groups excluding carboxylic acids is 1. The molecule has 0 saturated heterocycles. The molecular weight excluding hydrogens is 338 g/mol. The van der Waals surface area contributed by atoms with Crippen molar-refractivity contribution < 1.29 is 4.79 Å². The first-order valence-corrected chi connectivity index (χ1v) is 5.97. The molecule has 0 aliphatic heterocycles. The van der Waals surface area contributed by atoms with Crippen molar-refractivity contribution in [2.24, 2.45) is 0 Å². The highest BCUT2D eigenvalue weighted by Crippen LogP contribution is 2.30. The maximum Gasteiger partial charge on any atom is 0.271 e. The van der Waals surface area contributed by atoms with Crippen molar-refractivity contribution in [1.29, 1.82) is 0 Å². The first-order chi connectivity index (χ1) is 7.43. The summed E-state index contributed by atoms with van der Waals surface area (Å²) in [7, 11) is 0. The Kier molecular flexibility index (Phi) is 5.05. The van der Waals surface area contributed by atoms with Gasteiger partial charge < -0.3 is 5.32 Å². The second-order valence-electron chi connectivity index (χ2n) is 2.78. The van der Waals surface area contributed by atoms with Crippen LogP contribution in [0.5, 0.6) is 0 Å². The lowest BCUT2D eigenvalue weighted by Crippen LogP contribution is -2.25. The van der Waals surface area contributed by atoms with Gasteiger partial charge in [0.05, 0.1) is 15.1 Å². The Morgan fingerprint density at radius 2 is 2.06 bits per heavy atom. The smallest absolute Gasteiger partial charge is 0.271 e. The standard InChI is InChI=1S/C9H6BrCl3N2O/c1-4(10)2-15-9(16)8-7(13)6(12)5(11)3-14-8/h3H,1-2H2,(H,15,16). The van der Waals surface area contributed by atoms with Crippen LogP contribution in [0.1, 0.15) is 10.5 Å². The lowest BCUT2D eigenvalue weighted by atomic mass is 10.3. The second-order valence-corrected chi connectivity index (χ2v) is 5.07. The van der Waals surface area contributed by atoms with Crippen LogP contribution in [0.2, 0.25) is 15.1 Å². The third kappa shape index (κ3) is 3.35. The highest BCUT2D eigenvalue weighted by molar-refractivity contribution is 9.11. The number of hydrogen-bond acceptors (Lipinski definition) is 2. The van der Waals surface area contributed by atoms with Crippen molar-refractivity contribution >= 4 is 56.6 Å². The molecule has 1 aromatic heterocycles. The van der Waals surface area contributed by atoms with E-state index in [2.05, 4.69) is 32.8 Å². The molecule has 7 heteroatoms. The van der Waals surface area contributed by atoms with Crippen LogP contribution >= 0.6 is 50.7 Å². The molecule has 0 fully saturated rings. The highest BCUT2D eigenvalue weighted by Gasteiger charge is 2.16. The van der Waals surface area contributed by atoms with Gasteiger partial charge in [-0.05, 0) is 0 Å². The van der Waals surface area contributed by atoms with E-state index in [1.165, 1.54) is 6.20 Å². The van der Waals surface area contributed by atoms with Crippen LogP contribution in [0.4, 0.5) is 0 Å². The fourth-order valence-electron chi connectivity index (χ4n) is 0.862. The van der Waals surface area contributed by atoms with E-state index in [1.54, 1.807) is 0 Å². The summed E-state index contributed by atoms with van der Waals surface area (Å²) < 4.78 is 0.636. The summed E-state index contributed by atoms with van der Waals surface area (Å²) in [6.45, 7) is 3.85. The van der Waals surface area contributed by atoms with E-state index in [1.807, 2.05) is 0 Å². The first kappa shape index (κ1) is 13.8. The van der Waals surface area contributed by atoms with Gasteiger partial charge in [-0.2, -0.15) is 0 Å². The van der Waals surface area contributed by atoms with Gasteiger partial charge in [0.25, 0.3) is 5.91 Å². The molecule has 16 heavy (non-hydrogen) atoms. The average Bonchev–Trinajstić information content (AvgIpc) is 2.23. The Labute approximate surface area is 116 Å². The maximum atomic E-state index is 11.6. The topological polar surface area (TPSA) is 42.0 Å². The Morgan fingerprint density at radius 3 is 2.62 bits per heavy atom. The van der Waals surface area contributed by atoms with Gasteiger partial charge in [-0.1, -0.05) is 57.3 Å². The number of nitrogens with zero attached hydrogens (tertiary/aromatic N) is 1. The SMILES string of the molecule is C=C(Br)CNC(=O)c1ncc(Cl)c(Cl)c1Cl. The minimum atomic E-state index is -0.441. The molecule has 0 bridgehead atoms. The van der Waals surface area contributed by atoms with E-state index in [9.17, 15) is 4.79 Å². The number of rotatable bonds is 3. The van der Waals surface area contributed by atoms with Crippen molar-refractivity contribution in [2.75, 3.05) is 6.54 Å². The zero-order chi connectivity index (χ0) is 12.3.